The second-order valence-electron chi connectivity index (χ2n) is 6.57. The molecule has 0 fully saturated rings. The van der Waals surface area contributed by atoms with E-state index in [4.69, 9.17) is 10.5 Å². The quantitative estimate of drug-likeness (QED) is 0.462. The van der Waals surface area contributed by atoms with E-state index >= 15 is 0 Å². The molecule has 28 heavy (non-hydrogen) atoms. The molecule has 0 radical (unpaired) electrons. The minimum Gasteiger partial charge on any atom is -0.427 e. The van der Waals surface area contributed by atoms with E-state index in [9.17, 15) is 9.59 Å². The van der Waals surface area contributed by atoms with E-state index < -0.39 is 11.8 Å². The zero-order valence-corrected chi connectivity index (χ0v) is 15.7. The van der Waals surface area contributed by atoms with Crippen LogP contribution in [0.5, 0.6) is 5.75 Å². The Balaban J connectivity index is 1.68. The lowest BCUT2D eigenvalue weighted by molar-refractivity contribution is -0.134. The standard InChI is InChI=1S/C22H23N3O3/c1-2-3-21(26)28-19-8-5-15(6-9-19)20(22(23)27)14-25-18-7-4-17-13-24-11-10-16(17)12-18/h4-13,20,25H,2-3,14H2,1H3,(H2,23,27). The molecule has 144 valence electrons. The Morgan fingerprint density at radius 2 is 1.89 bits per heavy atom. The number of nitrogens with two attached hydrogens (primary N) is 1. The van der Waals surface area contributed by atoms with Crippen LogP contribution < -0.4 is 15.8 Å². The smallest absolute Gasteiger partial charge is 0.311 e. The van der Waals surface area contributed by atoms with E-state index in [1.54, 1.807) is 36.7 Å². The van der Waals surface area contributed by atoms with Crippen molar-refractivity contribution in [3.8, 4) is 5.75 Å². The van der Waals surface area contributed by atoms with Gasteiger partial charge in [-0.1, -0.05) is 25.1 Å². The fourth-order valence-corrected chi connectivity index (χ4v) is 2.95. The Bertz CT molecular complexity index is 970. The van der Waals surface area contributed by atoms with Crippen LogP contribution in [0.2, 0.25) is 0 Å². The lowest BCUT2D eigenvalue weighted by Gasteiger charge is -2.16. The van der Waals surface area contributed by atoms with Gasteiger partial charge in [-0.2, -0.15) is 0 Å². The van der Waals surface area contributed by atoms with E-state index in [1.165, 1.54) is 0 Å². The number of carbonyl (C=O) groups excluding carboxylic acids is 2. The molecule has 0 aliphatic carbocycles. The van der Waals surface area contributed by atoms with Crippen molar-refractivity contribution in [2.75, 3.05) is 11.9 Å². The molecule has 3 N–H and O–H groups in total. The van der Waals surface area contributed by atoms with Gasteiger partial charge < -0.3 is 15.8 Å². The molecule has 0 saturated carbocycles. The number of primary amides is 1. The predicted octanol–water partition coefficient (Wildman–Crippen LogP) is 3.62. The molecule has 1 atom stereocenters. The molecule has 6 heteroatoms. The number of rotatable bonds is 8. The number of carbonyl (C=O) groups is 2. The topological polar surface area (TPSA) is 94.3 Å². The van der Waals surface area contributed by atoms with Crippen LogP contribution in [0.25, 0.3) is 10.8 Å². The van der Waals surface area contributed by atoms with Gasteiger partial charge >= 0.3 is 5.97 Å². The number of amides is 1. The normalized spacial score (nSPS) is 11.8. The minimum atomic E-state index is -0.506. The second-order valence-corrected chi connectivity index (χ2v) is 6.57. The number of esters is 1. The molecular weight excluding hydrogens is 354 g/mol. The highest BCUT2D eigenvalue weighted by Crippen LogP contribution is 2.22. The van der Waals surface area contributed by atoms with Crippen molar-refractivity contribution < 1.29 is 14.3 Å². The number of anilines is 1. The fourth-order valence-electron chi connectivity index (χ4n) is 2.95. The Hall–Kier alpha value is -3.41. The third kappa shape index (κ3) is 4.85. The van der Waals surface area contributed by atoms with Gasteiger partial charge in [-0.3, -0.25) is 14.6 Å². The summed E-state index contributed by atoms with van der Waals surface area (Å²) in [5.74, 6) is -0.738. The first kappa shape index (κ1) is 19.4. The van der Waals surface area contributed by atoms with E-state index in [-0.39, 0.29) is 5.97 Å². The van der Waals surface area contributed by atoms with E-state index in [0.29, 0.717) is 18.7 Å². The van der Waals surface area contributed by atoms with Crippen molar-refractivity contribution >= 4 is 28.3 Å². The molecule has 1 amide bonds. The van der Waals surface area contributed by atoms with Crippen LogP contribution in [0.4, 0.5) is 5.69 Å². The largest absolute Gasteiger partial charge is 0.427 e. The highest BCUT2D eigenvalue weighted by molar-refractivity contribution is 5.85. The summed E-state index contributed by atoms with van der Waals surface area (Å²) in [6.45, 7) is 2.28. The summed E-state index contributed by atoms with van der Waals surface area (Å²) in [4.78, 5) is 27.7. The van der Waals surface area contributed by atoms with Crippen molar-refractivity contribution in [2.45, 2.75) is 25.7 Å². The summed E-state index contributed by atoms with van der Waals surface area (Å²) >= 11 is 0. The monoisotopic (exact) mass is 377 g/mol. The van der Waals surface area contributed by atoms with Gasteiger partial charge in [0.05, 0.1) is 5.92 Å². The molecular formula is C22H23N3O3. The minimum absolute atomic E-state index is 0.269. The first-order valence-electron chi connectivity index (χ1n) is 9.24. The molecule has 3 aromatic rings. The summed E-state index contributed by atoms with van der Waals surface area (Å²) in [5.41, 5.74) is 7.27. The summed E-state index contributed by atoms with van der Waals surface area (Å²) in [6.07, 6.45) is 4.66. The Labute approximate surface area is 163 Å². The molecule has 3 rings (SSSR count). The van der Waals surface area contributed by atoms with Crippen LogP contribution >= 0.6 is 0 Å². The number of nitrogens with zero attached hydrogens (tertiary/aromatic N) is 1. The SMILES string of the molecule is CCCC(=O)Oc1ccc(C(CNc2ccc3cnccc3c2)C(N)=O)cc1. The van der Waals surface area contributed by atoms with Crippen molar-refractivity contribution in [2.24, 2.45) is 5.73 Å². The lowest BCUT2D eigenvalue weighted by atomic mass is 9.98. The third-order valence-corrected chi connectivity index (χ3v) is 4.46. The number of pyridine rings is 1. The van der Waals surface area contributed by atoms with Crippen LogP contribution in [0.15, 0.2) is 60.9 Å². The Morgan fingerprint density at radius 1 is 1.11 bits per heavy atom. The van der Waals surface area contributed by atoms with Crippen LogP contribution in [-0.2, 0) is 9.59 Å². The van der Waals surface area contributed by atoms with Crippen molar-refractivity contribution in [1.82, 2.24) is 4.98 Å². The van der Waals surface area contributed by atoms with Crippen LogP contribution in [0.1, 0.15) is 31.2 Å². The Kier molecular flexibility index (Phi) is 6.22. The van der Waals surface area contributed by atoms with E-state index in [1.807, 2.05) is 31.2 Å². The van der Waals surface area contributed by atoms with Crippen molar-refractivity contribution in [3.63, 3.8) is 0 Å². The van der Waals surface area contributed by atoms with Gasteiger partial charge in [0.25, 0.3) is 0 Å². The maximum Gasteiger partial charge on any atom is 0.311 e. The van der Waals surface area contributed by atoms with Gasteiger partial charge in [0.2, 0.25) is 5.91 Å². The molecule has 1 aromatic heterocycles. The lowest BCUT2D eigenvalue weighted by Crippen LogP contribution is -2.27. The van der Waals surface area contributed by atoms with Crippen LogP contribution in [-0.4, -0.2) is 23.4 Å². The maximum absolute atomic E-state index is 12.0. The average molecular weight is 377 g/mol. The van der Waals surface area contributed by atoms with E-state index in [0.717, 1.165) is 28.4 Å². The zero-order chi connectivity index (χ0) is 19.9. The molecule has 6 nitrogen and oxygen atoms in total. The number of hydrogen-bond donors (Lipinski definition) is 2. The van der Waals surface area contributed by atoms with E-state index in [2.05, 4.69) is 10.3 Å². The maximum atomic E-state index is 12.0. The third-order valence-electron chi connectivity index (χ3n) is 4.46. The van der Waals surface area contributed by atoms with Gasteiger partial charge in [-0.25, -0.2) is 0 Å². The molecule has 0 spiro atoms. The van der Waals surface area contributed by atoms with Gasteiger partial charge in [0, 0.05) is 36.4 Å². The molecule has 1 heterocycles. The number of hydrogen-bond acceptors (Lipinski definition) is 5. The van der Waals surface area contributed by atoms with Gasteiger partial charge in [0.1, 0.15) is 5.75 Å². The van der Waals surface area contributed by atoms with Crippen molar-refractivity contribution in [1.29, 1.82) is 0 Å². The molecule has 1 unspecified atom stereocenters. The molecule has 0 aliphatic rings. The number of aromatic nitrogens is 1. The van der Waals surface area contributed by atoms with Gasteiger partial charge in [-0.05, 0) is 47.7 Å². The zero-order valence-electron chi connectivity index (χ0n) is 15.7. The van der Waals surface area contributed by atoms with Crippen molar-refractivity contribution in [3.05, 3.63) is 66.5 Å². The second kappa shape index (κ2) is 8.99. The first-order chi connectivity index (χ1) is 13.6. The summed E-state index contributed by atoms with van der Waals surface area (Å²) < 4.78 is 5.24. The first-order valence-corrected chi connectivity index (χ1v) is 9.24. The summed E-state index contributed by atoms with van der Waals surface area (Å²) in [5, 5.41) is 5.39. The average Bonchev–Trinajstić information content (AvgIpc) is 2.69. The molecule has 2 aromatic carbocycles. The molecule has 0 saturated heterocycles. The van der Waals surface area contributed by atoms with Gasteiger partial charge in [0.15, 0.2) is 0 Å². The van der Waals surface area contributed by atoms with Crippen LogP contribution in [0.3, 0.4) is 0 Å². The number of fused-ring (bicyclic) bond motifs is 1. The Morgan fingerprint density at radius 3 is 2.61 bits per heavy atom. The summed E-state index contributed by atoms with van der Waals surface area (Å²) in [6, 6.07) is 14.7. The van der Waals surface area contributed by atoms with Crippen LogP contribution in [0, 0.1) is 0 Å². The highest BCUT2D eigenvalue weighted by atomic mass is 16.5. The fraction of sp³-hybridized carbons (Fsp3) is 0.227. The highest BCUT2D eigenvalue weighted by Gasteiger charge is 2.18. The number of benzene rings is 2. The molecule has 0 bridgehead atoms. The summed E-state index contributed by atoms with van der Waals surface area (Å²) in [7, 11) is 0. The predicted molar refractivity (Wildman–Crippen MR) is 109 cm³/mol. The van der Waals surface area contributed by atoms with Gasteiger partial charge in [-0.15, -0.1) is 0 Å². The molecule has 0 aliphatic heterocycles. The number of ether oxygens (including phenoxy) is 1. The number of nitrogens with one attached hydrogen (secondary N) is 1.